The van der Waals surface area contributed by atoms with E-state index in [1.54, 1.807) is 17.5 Å². The molecule has 3 nitrogen and oxygen atoms in total. The maximum absolute atomic E-state index is 12.0. The molecule has 0 fully saturated rings. The Balaban J connectivity index is 1.87. The Morgan fingerprint density at radius 3 is 3.05 bits per heavy atom. The minimum atomic E-state index is 0.130. The lowest BCUT2D eigenvalue weighted by atomic mass is 9.82. The summed E-state index contributed by atoms with van der Waals surface area (Å²) in [4.78, 5) is 17.7. The van der Waals surface area contributed by atoms with Crippen LogP contribution >= 0.6 is 11.3 Å². The van der Waals surface area contributed by atoms with Crippen molar-refractivity contribution >= 4 is 22.2 Å². The smallest absolute Gasteiger partial charge is 0.225 e. The summed E-state index contributed by atoms with van der Waals surface area (Å²) in [7, 11) is 0. The number of pyridine rings is 1. The molecule has 2 aromatic heterocycles. The third-order valence-electron chi connectivity index (χ3n) is 4.29. The van der Waals surface area contributed by atoms with E-state index in [0.29, 0.717) is 6.42 Å². The standard InChI is InChI=1S/C16H16N2OS/c19-14-8-12(10-4-3-7-17-9-10)15-11-5-1-2-6-13(11)20-16(15)18-14/h3-4,7,9,12H,1-2,5-6,8H2,(H,18,19)/t12-/m0/s1. The predicted octanol–water partition coefficient (Wildman–Crippen LogP) is 3.50. The number of rotatable bonds is 1. The van der Waals surface area contributed by atoms with Gasteiger partial charge < -0.3 is 5.32 Å². The zero-order valence-electron chi connectivity index (χ0n) is 11.2. The molecule has 1 aliphatic heterocycles. The number of hydrogen-bond donors (Lipinski definition) is 1. The molecule has 102 valence electrons. The van der Waals surface area contributed by atoms with Crippen molar-refractivity contribution in [2.75, 3.05) is 5.32 Å². The summed E-state index contributed by atoms with van der Waals surface area (Å²) in [6.07, 6.45) is 9.11. The molecule has 0 saturated heterocycles. The quantitative estimate of drug-likeness (QED) is 0.871. The van der Waals surface area contributed by atoms with E-state index < -0.39 is 0 Å². The fraction of sp³-hybridized carbons (Fsp3) is 0.375. The summed E-state index contributed by atoms with van der Waals surface area (Å²) in [6, 6.07) is 4.05. The maximum Gasteiger partial charge on any atom is 0.225 e. The lowest BCUT2D eigenvalue weighted by Crippen LogP contribution is -2.23. The van der Waals surface area contributed by atoms with Gasteiger partial charge in [-0.1, -0.05) is 6.07 Å². The van der Waals surface area contributed by atoms with Gasteiger partial charge in [-0.25, -0.2) is 0 Å². The minimum absolute atomic E-state index is 0.130. The summed E-state index contributed by atoms with van der Waals surface area (Å²) < 4.78 is 0. The Hall–Kier alpha value is -1.68. The number of aromatic nitrogens is 1. The first-order valence-corrected chi connectivity index (χ1v) is 7.99. The highest BCUT2D eigenvalue weighted by Gasteiger charge is 2.33. The summed E-state index contributed by atoms with van der Waals surface area (Å²) in [5, 5.41) is 4.16. The van der Waals surface area contributed by atoms with Crippen LogP contribution in [0.1, 0.15) is 46.7 Å². The van der Waals surface area contributed by atoms with Gasteiger partial charge in [0.15, 0.2) is 0 Å². The molecule has 0 saturated carbocycles. The molecule has 4 rings (SSSR count). The third-order valence-corrected chi connectivity index (χ3v) is 5.51. The fourth-order valence-electron chi connectivity index (χ4n) is 3.38. The molecule has 1 atom stereocenters. The van der Waals surface area contributed by atoms with E-state index in [1.165, 1.54) is 35.3 Å². The molecule has 0 aromatic carbocycles. The summed E-state index contributed by atoms with van der Waals surface area (Å²) in [5.74, 6) is 0.315. The number of nitrogens with one attached hydrogen (secondary N) is 1. The Morgan fingerprint density at radius 1 is 1.30 bits per heavy atom. The number of carbonyl (C=O) groups is 1. The van der Waals surface area contributed by atoms with E-state index in [-0.39, 0.29) is 11.8 Å². The number of hydrogen-bond acceptors (Lipinski definition) is 3. The molecule has 1 amide bonds. The van der Waals surface area contributed by atoms with Crippen LogP contribution < -0.4 is 5.32 Å². The molecule has 0 bridgehead atoms. The van der Waals surface area contributed by atoms with Crippen LogP contribution in [0, 0.1) is 0 Å². The van der Waals surface area contributed by atoms with Gasteiger partial charge in [0, 0.05) is 29.6 Å². The van der Waals surface area contributed by atoms with Crippen molar-refractivity contribution in [1.82, 2.24) is 4.98 Å². The highest BCUT2D eigenvalue weighted by atomic mass is 32.1. The lowest BCUT2D eigenvalue weighted by Gasteiger charge is -2.25. The van der Waals surface area contributed by atoms with Crippen LogP contribution in [-0.4, -0.2) is 10.9 Å². The molecule has 2 aromatic rings. The molecule has 1 N–H and O–H groups in total. The van der Waals surface area contributed by atoms with Crippen molar-refractivity contribution in [3.8, 4) is 0 Å². The SMILES string of the molecule is O=C1C[C@@H](c2cccnc2)c2c(sc3c2CCCC3)N1. The second kappa shape index (κ2) is 4.70. The molecular formula is C16H16N2OS. The van der Waals surface area contributed by atoms with Crippen molar-refractivity contribution in [2.45, 2.75) is 38.0 Å². The average Bonchev–Trinajstić information content (AvgIpc) is 2.85. The fourth-order valence-corrected chi connectivity index (χ4v) is 4.75. The lowest BCUT2D eigenvalue weighted by molar-refractivity contribution is -0.116. The Morgan fingerprint density at radius 2 is 2.20 bits per heavy atom. The number of anilines is 1. The van der Waals surface area contributed by atoms with Crippen LogP contribution in [-0.2, 0) is 17.6 Å². The second-order valence-electron chi connectivity index (χ2n) is 5.54. The molecule has 1 aliphatic carbocycles. The van der Waals surface area contributed by atoms with Gasteiger partial charge in [0.2, 0.25) is 5.91 Å². The van der Waals surface area contributed by atoms with Crippen LogP contribution in [0.25, 0.3) is 0 Å². The number of aryl methyl sites for hydroxylation is 1. The number of carbonyl (C=O) groups excluding carboxylic acids is 1. The monoisotopic (exact) mass is 284 g/mol. The zero-order chi connectivity index (χ0) is 13.5. The minimum Gasteiger partial charge on any atom is -0.317 e. The highest BCUT2D eigenvalue weighted by Crippen LogP contribution is 2.47. The van der Waals surface area contributed by atoms with Crippen LogP contribution in [0.3, 0.4) is 0 Å². The molecule has 3 heterocycles. The summed E-state index contributed by atoms with van der Waals surface area (Å²) in [6.45, 7) is 0. The Bertz CT molecular complexity index is 663. The first-order valence-electron chi connectivity index (χ1n) is 7.17. The van der Waals surface area contributed by atoms with Crippen LogP contribution in [0.15, 0.2) is 24.5 Å². The molecule has 0 radical (unpaired) electrons. The van der Waals surface area contributed by atoms with Crippen LogP contribution in [0.2, 0.25) is 0 Å². The van der Waals surface area contributed by atoms with Gasteiger partial charge in [-0.15, -0.1) is 11.3 Å². The highest BCUT2D eigenvalue weighted by molar-refractivity contribution is 7.16. The van der Waals surface area contributed by atoms with Gasteiger partial charge in [0.05, 0.1) is 5.00 Å². The normalized spacial score (nSPS) is 21.0. The van der Waals surface area contributed by atoms with Gasteiger partial charge in [-0.2, -0.15) is 0 Å². The number of amides is 1. The number of nitrogens with zero attached hydrogens (tertiary/aromatic N) is 1. The van der Waals surface area contributed by atoms with E-state index in [1.807, 2.05) is 12.3 Å². The third kappa shape index (κ3) is 1.86. The topological polar surface area (TPSA) is 42.0 Å². The molecule has 0 spiro atoms. The zero-order valence-corrected chi connectivity index (χ0v) is 12.0. The molecule has 4 heteroatoms. The largest absolute Gasteiger partial charge is 0.317 e. The van der Waals surface area contributed by atoms with E-state index in [2.05, 4.69) is 16.4 Å². The number of fused-ring (bicyclic) bond motifs is 3. The number of thiophene rings is 1. The van der Waals surface area contributed by atoms with Crippen molar-refractivity contribution in [1.29, 1.82) is 0 Å². The second-order valence-corrected chi connectivity index (χ2v) is 6.65. The Labute approximate surface area is 122 Å². The van der Waals surface area contributed by atoms with Crippen LogP contribution in [0.5, 0.6) is 0 Å². The van der Waals surface area contributed by atoms with Crippen molar-refractivity contribution in [3.63, 3.8) is 0 Å². The van der Waals surface area contributed by atoms with Crippen molar-refractivity contribution in [3.05, 3.63) is 46.1 Å². The van der Waals surface area contributed by atoms with Crippen molar-refractivity contribution in [2.24, 2.45) is 0 Å². The van der Waals surface area contributed by atoms with Gasteiger partial charge >= 0.3 is 0 Å². The first-order chi connectivity index (χ1) is 9.83. The van der Waals surface area contributed by atoms with Gasteiger partial charge in [0.25, 0.3) is 0 Å². The van der Waals surface area contributed by atoms with Gasteiger partial charge in [-0.3, -0.25) is 9.78 Å². The van der Waals surface area contributed by atoms with E-state index >= 15 is 0 Å². The first kappa shape index (κ1) is 12.1. The average molecular weight is 284 g/mol. The van der Waals surface area contributed by atoms with E-state index in [4.69, 9.17) is 0 Å². The van der Waals surface area contributed by atoms with Gasteiger partial charge in [0.1, 0.15) is 0 Å². The van der Waals surface area contributed by atoms with Crippen molar-refractivity contribution < 1.29 is 4.79 Å². The predicted molar refractivity (Wildman–Crippen MR) is 80.3 cm³/mol. The summed E-state index contributed by atoms with van der Waals surface area (Å²) in [5.41, 5.74) is 4.04. The molecule has 2 aliphatic rings. The maximum atomic E-state index is 12.0. The van der Waals surface area contributed by atoms with E-state index in [9.17, 15) is 4.79 Å². The van der Waals surface area contributed by atoms with E-state index in [0.717, 1.165) is 17.0 Å². The van der Waals surface area contributed by atoms with Gasteiger partial charge in [-0.05, 0) is 48.4 Å². The molecular weight excluding hydrogens is 268 g/mol. The Kier molecular flexibility index (Phi) is 2.84. The molecule has 0 unspecified atom stereocenters. The molecule has 20 heavy (non-hydrogen) atoms. The summed E-state index contributed by atoms with van der Waals surface area (Å²) >= 11 is 1.79. The van der Waals surface area contributed by atoms with Crippen LogP contribution in [0.4, 0.5) is 5.00 Å².